The Morgan fingerprint density at radius 3 is 1.24 bits per heavy atom. The van der Waals surface area contributed by atoms with Crippen LogP contribution in [0.25, 0.3) is 0 Å². The molecule has 0 atom stereocenters. The maximum Gasteiger partial charge on any atom is 0.441 e. The zero-order chi connectivity index (χ0) is 15.8. The number of rotatable bonds is 15. The van der Waals surface area contributed by atoms with Gasteiger partial charge in [0.05, 0.1) is 0 Å². The number of hydrogen-bond acceptors (Lipinski definition) is 1. The van der Waals surface area contributed by atoms with Gasteiger partial charge < -0.3 is 0 Å². The quantitative estimate of drug-likeness (QED) is 0.277. The highest BCUT2D eigenvalue weighted by atomic mass is 32.2. The van der Waals surface area contributed by atoms with Crippen LogP contribution in [0, 0.1) is 0 Å². The number of halogens is 3. The van der Waals surface area contributed by atoms with Gasteiger partial charge in [0.1, 0.15) is 0 Å². The monoisotopic (exact) mass is 326 g/mol. The SMILES string of the molecule is CCCCCCCCCCCCCCCCSC(F)(F)F. The number of unbranched alkanes of at least 4 members (excludes halogenated alkanes) is 13. The van der Waals surface area contributed by atoms with Crippen LogP contribution in [0.15, 0.2) is 0 Å². The standard InChI is InChI=1S/C17H33F3S/c1-2-3-4-5-6-7-8-9-10-11-12-13-14-15-16-21-17(18,19)20/h2-16H2,1H3. The topological polar surface area (TPSA) is 0 Å². The fourth-order valence-electron chi connectivity index (χ4n) is 2.48. The Morgan fingerprint density at radius 2 is 0.905 bits per heavy atom. The molecule has 0 saturated carbocycles. The molecular weight excluding hydrogens is 293 g/mol. The normalized spacial score (nSPS) is 12.0. The number of hydrogen-bond donors (Lipinski definition) is 0. The second-order valence-electron chi connectivity index (χ2n) is 5.89. The van der Waals surface area contributed by atoms with Crippen LogP contribution in [-0.4, -0.2) is 11.3 Å². The van der Waals surface area contributed by atoms with Crippen molar-refractivity contribution in [2.24, 2.45) is 0 Å². The molecule has 0 fully saturated rings. The highest BCUT2D eigenvalue weighted by Crippen LogP contribution is 2.30. The molecule has 0 amide bonds. The molecule has 4 heteroatoms. The summed E-state index contributed by atoms with van der Waals surface area (Å²) >= 11 is 0.118. The lowest BCUT2D eigenvalue weighted by molar-refractivity contribution is -0.0328. The molecule has 0 aromatic rings. The molecule has 0 aromatic heterocycles. The predicted octanol–water partition coefficient (Wildman–Crippen LogP) is 7.72. The van der Waals surface area contributed by atoms with Crippen LogP contribution in [0.3, 0.4) is 0 Å². The molecular formula is C17H33F3S. The molecule has 0 N–H and O–H groups in total. The summed E-state index contributed by atoms with van der Waals surface area (Å²) in [5, 5.41) is 0. The lowest BCUT2D eigenvalue weighted by Gasteiger charge is -2.05. The van der Waals surface area contributed by atoms with Gasteiger partial charge in [-0.25, -0.2) is 0 Å². The van der Waals surface area contributed by atoms with Crippen molar-refractivity contribution in [1.82, 2.24) is 0 Å². The summed E-state index contributed by atoms with van der Waals surface area (Å²) in [6, 6.07) is 0. The van der Waals surface area contributed by atoms with E-state index in [1.807, 2.05) is 0 Å². The molecule has 0 aromatic carbocycles. The molecule has 0 heterocycles. The summed E-state index contributed by atoms with van der Waals surface area (Å²) in [7, 11) is 0. The van der Waals surface area contributed by atoms with Gasteiger partial charge in [-0.15, -0.1) is 0 Å². The van der Waals surface area contributed by atoms with Gasteiger partial charge in [0.15, 0.2) is 0 Å². The van der Waals surface area contributed by atoms with Crippen molar-refractivity contribution in [3.63, 3.8) is 0 Å². The maximum atomic E-state index is 11.9. The Balaban J connectivity index is 3.00. The van der Waals surface area contributed by atoms with Crippen LogP contribution in [0.4, 0.5) is 13.2 Å². The molecule has 0 aliphatic carbocycles. The summed E-state index contributed by atoms with van der Waals surface area (Å²) in [5.74, 6) is 0.224. The van der Waals surface area contributed by atoms with Crippen LogP contribution in [0.1, 0.15) is 96.8 Å². The highest BCUT2D eigenvalue weighted by Gasteiger charge is 2.27. The molecule has 0 aliphatic rings. The second-order valence-corrected chi connectivity index (χ2v) is 7.05. The molecule has 0 radical (unpaired) electrons. The third-order valence-electron chi connectivity index (χ3n) is 3.76. The Labute approximate surface area is 133 Å². The smallest absolute Gasteiger partial charge is 0.160 e. The Hall–Kier alpha value is 0.140. The van der Waals surface area contributed by atoms with Gasteiger partial charge in [0, 0.05) is 5.75 Å². The summed E-state index contributed by atoms with van der Waals surface area (Å²) in [6.45, 7) is 2.25. The van der Waals surface area contributed by atoms with Gasteiger partial charge in [-0.2, -0.15) is 13.2 Å². The average molecular weight is 327 g/mol. The van der Waals surface area contributed by atoms with E-state index in [9.17, 15) is 13.2 Å². The predicted molar refractivity (Wildman–Crippen MR) is 88.8 cm³/mol. The Bertz CT molecular complexity index is 205. The van der Waals surface area contributed by atoms with E-state index in [2.05, 4.69) is 6.92 Å². The lowest BCUT2D eigenvalue weighted by atomic mass is 10.0. The van der Waals surface area contributed by atoms with Crippen molar-refractivity contribution in [1.29, 1.82) is 0 Å². The van der Waals surface area contributed by atoms with Gasteiger partial charge in [0.25, 0.3) is 0 Å². The van der Waals surface area contributed by atoms with Crippen molar-refractivity contribution in [2.75, 3.05) is 5.75 Å². The van der Waals surface area contributed by atoms with Crippen LogP contribution in [0.2, 0.25) is 0 Å². The van der Waals surface area contributed by atoms with E-state index >= 15 is 0 Å². The van der Waals surface area contributed by atoms with Crippen LogP contribution in [-0.2, 0) is 0 Å². The zero-order valence-electron chi connectivity index (χ0n) is 13.6. The van der Waals surface area contributed by atoms with Crippen LogP contribution >= 0.6 is 11.8 Å². The first-order valence-electron chi connectivity index (χ1n) is 8.77. The highest BCUT2D eigenvalue weighted by molar-refractivity contribution is 8.00. The van der Waals surface area contributed by atoms with E-state index in [1.165, 1.54) is 70.6 Å². The molecule has 0 aliphatic heterocycles. The van der Waals surface area contributed by atoms with Crippen molar-refractivity contribution in [3.05, 3.63) is 0 Å². The summed E-state index contributed by atoms with van der Waals surface area (Å²) in [4.78, 5) is 0. The van der Waals surface area contributed by atoms with Gasteiger partial charge in [-0.1, -0.05) is 102 Å². The minimum absolute atomic E-state index is 0.118. The van der Waals surface area contributed by atoms with E-state index in [0.717, 1.165) is 12.8 Å². The van der Waals surface area contributed by atoms with Gasteiger partial charge >= 0.3 is 5.51 Å². The van der Waals surface area contributed by atoms with Gasteiger partial charge in [0.2, 0.25) is 0 Å². The maximum absolute atomic E-state index is 11.9. The van der Waals surface area contributed by atoms with Gasteiger partial charge in [-0.05, 0) is 6.42 Å². The first-order valence-corrected chi connectivity index (χ1v) is 9.75. The van der Waals surface area contributed by atoms with Crippen molar-refractivity contribution < 1.29 is 13.2 Å². The van der Waals surface area contributed by atoms with E-state index in [-0.39, 0.29) is 17.5 Å². The fourth-order valence-corrected chi connectivity index (χ4v) is 3.06. The van der Waals surface area contributed by atoms with Crippen molar-refractivity contribution in [2.45, 2.75) is 102 Å². The number of thioether (sulfide) groups is 1. The summed E-state index contributed by atoms with van der Waals surface area (Å²) in [6.07, 6.45) is 17.4. The molecule has 0 bridgehead atoms. The second kappa shape index (κ2) is 15.1. The Kier molecular flexibility index (Phi) is 15.2. The van der Waals surface area contributed by atoms with E-state index in [1.54, 1.807) is 0 Å². The molecule has 0 nitrogen and oxygen atoms in total. The molecule has 21 heavy (non-hydrogen) atoms. The molecule has 0 unspecified atom stereocenters. The van der Waals surface area contributed by atoms with Crippen LogP contribution < -0.4 is 0 Å². The van der Waals surface area contributed by atoms with E-state index < -0.39 is 5.51 Å². The van der Waals surface area contributed by atoms with Crippen molar-refractivity contribution in [3.8, 4) is 0 Å². The Morgan fingerprint density at radius 1 is 0.571 bits per heavy atom. The fraction of sp³-hybridized carbons (Fsp3) is 1.00. The number of alkyl halides is 3. The third-order valence-corrected chi connectivity index (χ3v) is 4.58. The summed E-state index contributed by atoms with van der Waals surface area (Å²) < 4.78 is 35.6. The molecule has 128 valence electrons. The molecule has 0 rings (SSSR count). The van der Waals surface area contributed by atoms with Crippen molar-refractivity contribution >= 4 is 11.8 Å². The zero-order valence-corrected chi connectivity index (χ0v) is 14.5. The van der Waals surface area contributed by atoms with Gasteiger partial charge in [-0.3, -0.25) is 0 Å². The molecule has 0 saturated heterocycles. The minimum atomic E-state index is -4.05. The molecule has 0 spiro atoms. The lowest BCUT2D eigenvalue weighted by Crippen LogP contribution is -2.01. The first kappa shape index (κ1) is 21.1. The third kappa shape index (κ3) is 20.1. The van der Waals surface area contributed by atoms with E-state index in [0.29, 0.717) is 6.42 Å². The minimum Gasteiger partial charge on any atom is -0.160 e. The van der Waals surface area contributed by atoms with E-state index in [4.69, 9.17) is 0 Å². The van der Waals surface area contributed by atoms with Crippen LogP contribution in [0.5, 0.6) is 0 Å². The largest absolute Gasteiger partial charge is 0.441 e. The average Bonchev–Trinajstić information content (AvgIpc) is 2.42. The first-order chi connectivity index (χ1) is 10.1. The summed E-state index contributed by atoms with van der Waals surface area (Å²) in [5.41, 5.74) is -4.05.